The Morgan fingerprint density at radius 1 is 1.21 bits per heavy atom. The maximum absolute atomic E-state index is 12.1. The first-order chi connectivity index (χ1) is 11.2. The minimum Gasteiger partial charge on any atom is -0.393 e. The van der Waals surface area contributed by atoms with E-state index in [1.807, 2.05) is 13.0 Å². The van der Waals surface area contributed by atoms with Gasteiger partial charge in [0.1, 0.15) is 0 Å². The first-order valence-electron chi connectivity index (χ1n) is 8.04. The number of halogens is 3. The Balaban J connectivity index is 2.48. The summed E-state index contributed by atoms with van der Waals surface area (Å²) >= 11 is 0. The van der Waals surface area contributed by atoms with Crippen LogP contribution in [0.5, 0.6) is 0 Å². The summed E-state index contributed by atoms with van der Waals surface area (Å²) in [5.74, 6) is -2.01. The molecule has 1 amide bonds. The lowest BCUT2D eigenvalue weighted by Crippen LogP contribution is -2.37. The third-order valence-corrected chi connectivity index (χ3v) is 3.68. The van der Waals surface area contributed by atoms with Crippen LogP contribution in [0.25, 0.3) is 0 Å². The molecule has 1 aromatic carbocycles. The van der Waals surface area contributed by atoms with Gasteiger partial charge >= 0.3 is 12.1 Å². The van der Waals surface area contributed by atoms with Crippen molar-refractivity contribution in [2.75, 3.05) is 6.54 Å². The van der Waals surface area contributed by atoms with Crippen LogP contribution in [0.2, 0.25) is 0 Å². The maximum atomic E-state index is 12.1. The average Bonchev–Trinajstić information content (AvgIpc) is 2.52. The summed E-state index contributed by atoms with van der Waals surface area (Å²) in [6.07, 6.45) is -3.32. The number of benzene rings is 1. The number of aliphatic hydroxyl groups excluding tert-OH is 2. The average molecular weight is 347 g/mol. The number of aliphatic hydroxyl groups is 2. The van der Waals surface area contributed by atoms with Gasteiger partial charge in [-0.1, -0.05) is 37.6 Å². The summed E-state index contributed by atoms with van der Waals surface area (Å²) in [6, 6.07) is 7.09. The van der Waals surface area contributed by atoms with Gasteiger partial charge in [-0.3, -0.25) is 4.79 Å². The van der Waals surface area contributed by atoms with Gasteiger partial charge < -0.3 is 15.5 Å². The van der Waals surface area contributed by atoms with Crippen LogP contribution in [-0.4, -0.2) is 34.9 Å². The first-order valence-corrected chi connectivity index (χ1v) is 8.04. The third-order valence-electron chi connectivity index (χ3n) is 3.68. The fraction of sp³-hybridized carbons (Fsp3) is 0.588. The standard InChI is InChI=1S/C17H24F3NO3/c1-2-4-14(22)8-7-12-5-3-6-13(11-12)15(23)9-10-21-16(24)17(18,19)20/h3,5-6,11,14-15,22-23H,2,4,7-10H2,1H3,(H,21,24). The van der Waals surface area contributed by atoms with Crippen molar-refractivity contribution in [3.63, 3.8) is 0 Å². The van der Waals surface area contributed by atoms with Crippen molar-refractivity contribution in [2.24, 2.45) is 0 Å². The first kappa shape index (κ1) is 20.4. The molecular weight excluding hydrogens is 323 g/mol. The molecule has 0 radical (unpaired) electrons. The fourth-order valence-electron chi connectivity index (χ4n) is 2.36. The molecule has 0 aliphatic rings. The zero-order valence-corrected chi connectivity index (χ0v) is 13.6. The number of amides is 1. The molecule has 3 N–H and O–H groups in total. The van der Waals surface area contributed by atoms with Crippen molar-refractivity contribution in [3.8, 4) is 0 Å². The van der Waals surface area contributed by atoms with Crippen molar-refractivity contribution < 1.29 is 28.2 Å². The highest BCUT2D eigenvalue weighted by Gasteiger charge is 2.38. The maximum Gasteiger partial charge on any atom is 0.471 e. The van der Waals surface area contributed by atoms with Crippen LogP contribution < -0.4 is 5.32 Å². The molecule has 24 heavy (non-hydrogen) atoms. The zero-order chi connectivity index (χ0) is 18.2. The minimum absolute atomic E-state index is 0.0102. The Morgan fingerprint density at radius 3 is 2.54 bits per heavy atom. The molecule has 4 nitrogen and oxygen atoms in total. The molecule has 0 spiro atoms. The Bertz CT molecular complexity index is 520. The molecule has 0 bridgehead atoms. The van der Waals surface area contributed by atoms with Crippen LogP contribution >= 0.6 is 0 Å². The van der Waals surface area contributed by atoms with Gasteiger partial charge in [-0.25, -0.2) is 0 Å². The summed E-state index contributed by atoms with van der Waals surface area (Å²) in [7, 11) is 0. The predicted octanol–water partition coefficient (Wildman–Crippen LogP) is 2.88. The molecule has 0 saturated carbocycles. The molecule has 1 aromatic rings. The summed E-state index contributed by atoms with van der Waals surface area (Å²) in [6.45, 7) is 1.73. The second-order valence-corrected chi connectivity index (χ2v) is 5.78. The van der Waals surface area contributed by atoms with Gasteiger partial charge in [0.25, 0.3) is 0 Å². The van der Waals surface area contributed by atoms with Gasteiger partial charge in [-0.05, 0) is 36.8 Å². The van der Waals surface area contributed by atoms with Gasteiger partial charge in [0.2, 0.25) is 0 Å². The van der Waals surface area contributed by atoms with Gasteiger partial charge in [0.15, 0.2) is 0 Å². The SMILES string of the molecule is CCCC(O)CCc1cccc(C(O)CCNC(=O)C(F)(F)F)c1. The Morgan fingerprint density at radius 2 is 1.92 bits per heavy atom. The highest BCUT2D eigenvalue weighted by atomic mass is 19.4. The predicted molar refractivity (Wildman–Crippen MR) is 84.3 cm³/mol. The van der Waals surface area contributed by atoms with Gasteiger partial charge in [-0.2, -0.15) is 13.2 Å². The smallest absolute Gasteiger partial charge is 0.393 e. The third kappa shape index (κ3) is 7.31. The number of nitrogens with one attached hydrogen (secondary N) is 1. The van der Waals surface area contributed by atoms with E-state index in [0.717, 1.165) is 18.4 Å². The van der Waals surface area contributed by atoms with E-state index in [1.165, 1.54) is 0 Å². The van der Waals surface area contributed by atoms with E-state index in [-0.39, 0.29) is 19.1 Å². The molecule has 0 aromatic heterocycles. The molecule has 0 aliphatic heterocycles. The van der Waals surface area contributed by atoms with Crippen LogP contribution in [0.3, 0.4) is 0 Å². The second kappa shape index (κ2) is 9.64. The highest BCUT2D eigenvalue weighted by molar-refractivity contribution is 5.81. The van der Waals surface area contributed by atoms with Crippen molar-refractivity contribution in [3.05, 3.63) is 35.4 Å². The molecule has 0 heterocycles. The zero-order valence-electron chi connectivity index (χ0n) is 13.6. The van der Waals surface area contributed by atoms with E-state index in [2.05, 4.69) is 0 Å². The van der Waals surface area contributed by atoms with Gasteiger partial charge in [-0.15, -0.1) is 0 Å². The van der Waals surface area contributed by atoms with E-state index >= 15 is 0 Å². The molecule has 2 unspecified atom stereocenters. The van der Waals surface area contributed by atoms with Gasteiger partial charge in [0, 0.05) is 6.54 Å². The Labute approximate surface area is 139 Å². The summed E-state index contributed by atoms with van der Waals surface area (Å²) in [5.41, 5.74) is 1.53. The summed E-state index contributed by atoms with van der Waals surface area (Å²) in [5, 5.41) is 21.5. The van der Waals surface area contributed by atoms with Crippen molar-refractivity contribution in [1.82, 2.24) is 5.32 Å². The minimum atomic E-state index is -4.91. The Hall–Kier alpha value is -1.60. The normalized spacial score (nSPS) is 14.2. The van der Waals surface area contributed by atoms with Crippen LogP contribution in [0.4, 0.5) is 13.2 Å². The number of carbonyl (C=O) groups is 1. The van der Waals surface area contributed by atoms with E-state index in [1.54, 1.807) is 23.5 Å². The van der Waals surface area contributed by atoms with E-state index < -0.39 is 18.2 Å². The Kier molecular flexibility index (Phi) is 8.21. The lowest BCUT2D eigenvalue weighted by Gasteiger charge is -2.14. The van der Waals surface area contributed by atoms with E-state index in [4.69, 9.17) is 0 Å². The monoisotopic (exact) mass is 347 g/mol. The number of rotatable bonds is 9. The molecular formula is C17H24F3NO3. The molecule has 1 rings (SSSR count). The fourth-order valence-corrected chi connectivity index (χ4v) is 2.36. The van der Waals surface area contributed by atoms with Crippen molar-refractivity contribution in [2.45, 2.75) is 57.4 Å². The molecule has 0 fully saturated rings. The van der Waals surface area contributed by atoms with Crippen molar-refractivity contribution >= 4 is 5.91 Å². The van der Waals surface area contributed by atoms with Gasteiger partial charge in [0.05, 0.1) is 12.2 Å². The second-order valence-electron chi connectivity index (χ2n) is 5.78. The number of carbonyl (C=O) groups excluding carboxylic acids is 1. The number of alkyl halides is 3. The largest absolute Gasteiger partial charge is 0.471 e. The van der Waals surface area contributed by atoms with E-state index in [0.29, 0.717) is 18.4 Å². The quantitative estimate of drug-likeness (QED) is 0.643. The number of hydrogen-bond donors (Lipinski definition) is 3. The van der Waals surface area contributed by atoms with Crippen LogP contribution in [0.1, 0.15) is 49.8 Å². The molecule has 2 atom stereocenters. The highest BCUT2D eigenvalue weighted by Crippen LogP contribution is 2.19. The van der Waals surface area contributed by atoms with Crippen LogP contribution in [-0.2, 0) is 11.2 Å². The molecule has 7 heteroatoms. The summed E-state index contributed by atoms with van der Waals surface area (Å²) in [4.78, 5) is 10.7. The molecule has 136 valence electrons. The van der Waals surface area contributed by atoms with Crippen LogP contribution in [0, 0.1) is 0 Å². The molecule has 0 saturated heterocycles. The van der Waals surface area contributed by atoms with E-state index in [9.17, 15) is 28.2 Å². The van der Waals surface area contributed by atoms with Crippen molar-refractivity contribution in [1.29, 1.82) is 0 Å². The number of aryl methyl sites for hydroxylation is 1. The lowest BCUT2D eigenvalue weighted by atomic mass is 9.99. The summed E-state index contributed by atoms with van der Waals surface area (Å²) < 4.78 is 36.2. The van der Waals surface area contributed by atoms with Crippen LogP contribution in [0.15, 0.2) is 24.3 Å². The number of hydrogen-bond acceptors (Lipinski definition) is 3. The topological polar surface area (TPSA) is 69.6 Å². The lowest BCUT2D eigenvalue weighted by molar-refractivity contribution is -0.173. The molecule has 0 aliphatic carbocycles.